The summed E-state index contributed by atoms with van der Waals surface area (Å²) in [5.41, 5.74) is 0. The maximum absolute atomic E-state index is 12.1. The number of amides is 1. The number of carbonyl (C=O) groups is 1. The number of carbonyl (C=O) groups excluding carboxylic acids is 1. The van der Waals surface area contributed by atoms with Crippen molar-refractivity contribution in [1.82, 2.24) is 9.80 Å². The average molecular weight is 266 g/mol. The smallest absolute Gasteiger partial charge is 0.222 e. The molecule has 2 aliphatic heterocycles. The van der Waals surface area contributed by atoms with Gasteiger partial charge in [-0.15, -0.1) is 0 Å². The van der Waals surface area contributed by atoms with E-state index in [1.165, 1.54) is 51.7 Å². The minimum atomic E-state index is 0.372. The monoisotopic (exact) mass is 266 g/mol. The van der Waals surface area contributed by atoms with Crippen LogP contribution in [0.5, 0.6) is 0 Å². The van der Waals surface area contributed by atoms with Crippen molar-refractivity contribution < 1.29 is 4.79 Å². The van der Waals surface area contributed by atoms with E-state index in [-0.39, 0.29) is 0 Å². The molecule has 0 spiro atoms. The molecule has 0 aliphatic carbocycles. The summed E-state index contributed by atoms with van der Waals surface area (Å²) in [5, 5.41) is 0. The topological polar surface area (TPSA) is 23.6 Å². The van der Waals surface area contributed by atoms with Gasteiger partial charge in [0.1, 0.15) is 0 Å². The van der Waals surface area contributed by atoms with Gasteiger partial charge in [0, 0.05) is 26.1 Å². The van der Waals surface area contributed by atoms with Crippen LogP contribution in [0.3, 0.4) is 0 Å². The lowest BCUT2D eigenvalue weighted by Gasteiger charge is -2.23. The molecule has 0 N–H and O–H groups in total. The molecule has 110 valence electrons. The molecule has 1 unspecified atom stereocenters. The summed E-state index contributed by atoms with van der Waals surface area (Å²) in [6.07, 6.45) is 7.19. The number of hydrogen-bond acceptors (Lipinski definition) is 2. The predicted octanol–water partition coefficient (Wildman–Crippen LogP) is 2.76. The van der Waals surface area contributed by atoms with Crippen molar-refractivity contribution in [2.24, 2.45) is 11.8 Å². The Hall–Kier alpha value is -0.570. The molecular weight excluding hydrogens is 236 g/mol. The first kappa shape index (κ1) is 14.8. The molecule has 2 fully saturated rings. The molecular formula is C16H30N2O. The van der Waals surface area contributed by atoms with Crippen molar-refractivity contribution in [3.63, 3.8) is 0 Å². The maximum Gasteiger partial charge on any atom is 0.222 e. The summed E-state index contributed by atoms with van der Waals surface area (Å²) in [4.78, 5) is 16.9. The van der Waals surface area contributed by atoms with Gasteiger partial charge in [-0.3, -0.25) is 4.79 Å². The third kappa shape index (κ3) is 4.79. The number of nitrogens with zero attached hydrogens (tertiary/aromatic N) is 2. The number of likely N-dealkylation sites (tertiary alicyclic amines) is 2. The molecule has 1 amide bonds. The van der Waals surface area contributed by atoms with Crippen molar-refractivity contribution in [3.05, 3.63) is 0 Å². The predicted molar refractivity (Wildman–Crippen MR) is 79.1 cm³/mol. The second-order valence-electron chi connectivity index (χ2n) is 6.78. The van der Waals surface area contributed by atoms with Gasteiger partial charge in [-0.25, -0.2) is 0 Å². The summed E-state index contributed by atoms with van der Waals surface area (Å²) in [6, 6.07) is 0. The van der Waals surface area contributed by atoms with Gasteiger partial charge < -0.3 is 9.80 Å². The molecule has 2 heterocycles. The van der Waals surface area contributed by atoms with Gasteiger partial charge in [0.05, 0.1) is 0 Å². The van der Waals surface area contributed by atoms with Crippen LogP contribution in [0.25, 0.3) is 0 Å². The van der Waals surface area contributed by atoms with E-state index in [9.17, 15) is 4.79 Å². The van der Waals surface area contributed by atoms with Crippen LogP contribution in [-0.2, 0) is 4.79 Å². The minimum absolute atomic E-state index is 0.372. The summed E-state index contributed by atoms with van der Waals surface area (Å²) in [7, 11) is 0. The van der Waals surface area contributed by atoms with Crippen LogP contribution < -0.4 is 0 Å². The second-order valence-corrected chi connectivity index (χ2v) is 6.78. The van der Waals surface area contributed by atoms with Crippen molar-refractivity contribution in [2.75, 3.05) is 32.7 Å². The highest BCUT2D eigenvalue weighted by Gasteiger charge is 2.23. The fraction of sp³-hybridized carbons (Fsp3) is 0.938. The molecule has 3 nitrogen and oxygen atoms in total. The van der Waals surface area contributed by atoms with E-state index in [1.807, 2.05) is 0 Å². The zero-order valence-corrected chi connectivity index (χ0v) is 12.7. The van der Waals surface area contributed by atoms with E-state index in [0.29, 0.717) is 11.8 Å². The lowest BCUT2D eigenvalue weighted by molar-refractivity contribution is -0.131. The highest BCUT2D eigenvalue weighted by atomic mass is 16.2. The average Bonchev–Trinajstić information content (AvgIpc) is 2.73. The molecule has 19 heavy (non-hydrogen) atoms. The van der Waals surface area contributed by atoms with E-state index < -0.39 is 0 Å². The molecule has 2 rings (SSSR count). The summed E-state index contributed by atoms with van der Waals surface area (Å²) in [6.45, 7) is 10.1. The van der Waals surface area contributed by atoms with Crippen LogP contribution in [0.1, 0.15) is 52.4 Å². The van der Waals surface area contributed by atoms with Gasteiger partial charge in [0.2, 0.25) is 5.91 Å². The summed E-state index contributed by atoms with van der Waals surface area (Å²) in [5.74, 6) is 1.67. The Labute approximate surface area is 118 Å². The van der Waals surface area contributed by atoms with Gasteiger partial charge in [-0.2, -0.15) is 0 Å². The van der Waals surface area contributed by atoms with E-state index in [4.69, 9.17) is 0 Å². The van der Waals surface area contributed by atoms with Gasteiger partial charge >= 0.3 is 0 Å². The maximum atomic E-state index is 12.1. The zero-order chi connectivity index (χ0) is 13.7. The molecule has 3 heteroatoms. The fourth-order valence-electron chi connectivity index (χ4n) is 3.41. The molecule has 0 aromatic carbocycles. The summed E-state index contributed by atoms with van der Waals surface area (Å²) < 4.78 is 0. The van der Waals surface area contributed by atoms with Gasteiger partial charge in [-0.1, -0.05) is 13.8 Å². The normalized spacial score (nSPS) is 25.8. The Morgan fingerprint density at radius 1 is 1.05 bits per heavy atom. The van der Waals surface area contributed by atoms with E-state index >= 15 is 0 Å². The van der Waals surface area contributed by atoms with E-state index in [0.717, 1.165) is 25.4 Å². The molecule has 0 aromatic rings. The highest BCUT2D eigenvalue weighted by molar-refractivity contribution is 5.76. The first-order valence-electron chi connectivity index (χ1n) is 8.15. The second kappa shape index (κ2) is 7.28. The zero-order valence-electron chi connectivity index (χ0n) is 12.7. The number of rotatable bonds is 4. The molecule has 1 atom stereocenters. The Kier molecular flexibility index (Phi) is 5.68. The van der Waals surface area contributed by atoms with E-state index in [1.54, 1.807) is 0 Å². The fourth-order valence-corrected chi connectivity index (χ4v) is 3.41. The third-order valence-corrected chi connectivity index (χ3v) is 4.50. The Balaban J connectivity index is 1.75. The standard InChI is InChI=1S/C16H30N2O/c1-14(2)12-16(19)18-10-5-6-15(7-11-18)13-17-8-3-4-9-17/h14-15H,3-13H2,1-2H3. The molecule has 0 saturated carbocycles. The van der Waals surface area contributed by atoms with Gasteiger partial charge in [-0.05, 0) is 57.0 Å². The first-order chi connectivity index (χ1) is 9.15. The first-order valence-corrected chi connectivity index (χ1v) is 8.15. The molecule has 0 bridgehead atoms. The Morgan fingerprint density at radius 3 is 2.47 bits per heavy atom. The SMILES string of the molecule is CC(C)CC(=O)N1CCCC(CN2CCCC2)CC1. The molecule has 0 aromatic heterocycles. The molecule has 2 aliphatic rings. The summed E-state index contributed by atoms with van der Waals surface area (Å²) >= 11 is 0. The number of hydrogen-bond donors (Lipinski definition) is 0. The van der Waals surface area contributed by atoms with Crippen LogP contribution in [0.2, 0.25) is 0 Å². The van der Waals surface area contributed by atoms with Crippen molar-refractivity contribution in [2.45, 2.75) is 52.4 Å². The third-order valence-electron chi connectivity index (χ3n) is 4.50. The van der Waals surface area contributed by atoms with Gasteiger partial charge in [0.25, 0.3) is 0 Å². The Morgan fingerprint density at radius 2 is 1.79 bits per heavy atom. The highest BCUT2D eigenvalue weighted by Crippen LogP contribution is 2.21. The van der Waals surface area contributed by atoms with Gasteiger partial charge in [0.15, 0.2) is 0 Å². The lowest BCUT2D eigenvalue weighted by Crippen LogP contribution is -2.33. The van der Waals surface area contributed by atoms with Crippen LogP contribution in [0, 0.1) is 11.8 Å². The van der Waals surface area contributed by atoms with Crippen LogP contribution in [-0.4, -0.2) is 48.4 Å². The van der Waals surface area contributed by atoms with Crippen molar-refractivity contribution >= 4 is 5.91 Å². The van der Waals surface area contributed by atoms with Crippen LogP contribution in [0.4, 0.5) is 0 Å². The Bertz CT molecular complexity index is 284. The quantitative estimate of drug-likeness (QED) is 0.781. The van der Waals surface area contributed by atoms with E-state index in [2.05, 4.69) is 23.6 Å². The lowest BCUT2D eigenvalue weighted by atomic mass is 10.0. The minimum Gasteiger partial charge on any atom is -0.343 e. The van der Waals surface area contributed by atoms with Crippen molar-refractivity contribution in [3.8, 4) is 0 Å². The molecule has 0 radical (unpaired) electrons. The van der Waals surface area contributed by atoms with Crippen LogP contribution in [0.15, 0.2) is 0 Å². The van der Waals surface area contributed by atoms with Crippen LogP contribution >= 0.6 is 0 Å². The molecule has 2 saturated heterocycles. The largest absolute Gasteiger partial charge is 0.343 e. The van der Waals surface area contributed by atoms with Crippen molar-refractivity contribution in [1.29, 1.82) is 0 Å².